The summed E-state index contributed by atoms with van der Waals surface area (Å²) in [7, 11) is -1.96. The molecule has 9 heteroatoms. The lowest BCUT2D eigenvalue weighted by Crippen LogP contribution is -2.48. The Morgan fingerprint density at radius 3 is 2.62 bits per heavy atom. The van der Waals surface area contributed by atoms with E-state index in [0.29, 0.717) is 25.7 Å². The average molecular weight is 485 g/mol. The maximum atomic E-state index is 13.5. The molecule has 5 rings (SSSR count). The fourth-order valence-corrected chi connectivity index (χ4v) is 7.21. The molecule has 34 heavy (non-hydrogen) atoms. The van der Waals surface area contributed by atoms with E-state index in [1.807, 2.05) is 0 Å². The predicted octanol–water partition coefficient (Wildman–Crippen LogP) is 3.72. The topological polar surface area (TPSA) is 90.0 Å². The van der Waals surface area contributed by atoms with Gasteiger partial charge in [-0.25, -0.2) is 17.5 Å². The number of benzene rings is 1. The Labute approximate surface area is 198 Å². The van der Waals surface area contributed by atoms with Crippen LogP contribution in [-0.4, -0.2) is 44.4 Å². The van der Waals surface area contributed by atoms with Crippen molar-refractivity contribution in [1.82, 2.24) is 19.6 Å². The highest BCUT2D eigenvalue weighted by atomic mass is 32.2. The van der Waals surface area contributed by atoms with E-state index in [9.17, 15) is 17.9 Å². The van der Waals surface area contributed by atoms with Gasteiger partial charge < -0.3 is 5.11 Å². The highest BCUT2D eigenvalue weighted by Gasteiger charge is 2.51. The zero-order valence-corrected chi connectivity index (χ0v) is 20.4. The Hall–Kier alpha value is -2.78. The third kappa shape index (κ3) is 3.44. The Morgan fingerprint density at radius 2 is 1.97 bits per heavy atom. The van der Waals surface area contributed by atoms with Crippen molar-refractivity contribution in [3.05, 3.63) is 65.4 Å². The minimum atomic E-state index is -3.67. The van der Waals surface area contributed by atoms with Crippen LogP contribution in [0.1, 0.15) is 44.4 Å². The number of rotatable bonds is 5. The second kappa shape index (κ2) is 7.88. The van der Waals surface area contributed by atoms with Gasteiger partial charge in [0.15, 0.2) is 5.03 Å². The van der Waals surface area contributed by atoms with Gasteiger partial charge in [0, 0.05) is 18.7 Å². The smallest absolute Gasteiger partial charge is 0.202 e. The number of halogens is 1. The minimum absolute atomic E-state index is 0.0593. The lowest BCUT2D eigenvalue weighted by molar-refractivity contribution is 0.0934. The first-order chi connectivity index (χ1) is 16.1. The van der Waals surface area contributed by atoms with Crippen LogP contribution in [0.5, 0.6) is 0 Å². The van der Waals surface area contributed by atoms with Crippen molar-refractivity contribution in [2.75, 3.05) is 6.61 Å². The van der Waals surface area contributed by atoms with Gasteiger partial charge in [0.05, 0.1) is 28.9 Å². The van der Waals surface area contributed by atoms with Crippen LogP contribution in [0.2, 0.25) is 0 Å². The molecule has 2 heterocycles. The number of aryl methyl sites for hydroxylation is 1. The van der Waals surface area contributed by atoms with E-state index in [1.165, 1.54) is 16.8 Å². The Kier molecular flexibility index (Phi) is 5.33. The van der Waals surface area contributed by atoms with Crippen LogP contribution < -0.4 is 0 Å². The molecule has 7 nitrogen and oxygen atoms in total. The van der Waals surface area contributed by atoms with Gasteiger partial charge in [0.25, 0.3) is 0 Å². The molecular formula is C25H29FN4O3S. The Bertz CT molecular complexity index is 1370. The normalized spacial score (nSPS) is 22.7. The maximum absolute atomic E-state index is 13.5. The number of fused-ring (bicyclic) bond motifs is 2. The highest BCUT2D eigenvalue weighted by Crippen LogP contribution is 2.53. The van der Waals surface area contributed by atoms with Crippen molar-refractivity contribution in [1.29, 1.82) is 0 Å². The molecule has 1 saturated carbocycles. The lowest BCUT2D eigenvalue weighted by Gasteiger charge is -2.48. The third-order valence-electron chi connectivity index (χ3n) is 7.82. The van der Waals surface area contributed by atoms with Gasteiger partial charge in [-0.05, 0) is 87.4 Å². The molecule has 180 valence electrons. The molecule has 0 aliphatic heterocycles. The summed E-state index contributed by atoms with van der Waals surface area (Å²) in [5.74, 6) is -0.443. The summed E-state index contributed by atoms with van der Waals surface area (Å²) in [4.78, 5) is 0. The van der Waals surface area contributed by atoms with E-state index < -0.39 is 20.0 Å². The molecule has 1 N–H and O–H groups in total. The van der Waals surface area contributed by atoms with Crippen molar-refractivity contribution < 1.29 is 17.9 Å². The van der Waals surface area contributed by atoms with Crippen molar-refractivity contribution in [2.24, 2.45) is 18.4 Å². The summed E-state index contributed by atoms with van der Waals surface area (Å²) in [6, 6.07) is 7.75. The van der Waals surface area contributed by atoms with Crippen LogP contribution >= 0.6 is 0 Å². The molecule has 2 aliphatic carbocycles. The average Bonchev–Trinajstić information content (AvgIpc) is 3.43. The van der Waals surface area contributed by atoms with E-state index in [0.717, 1.165) is 22.5 Å². The van der Waals surface area contributed by atoms with Gasteiger partial charge in [0.2, 0.25) is 9.84 Å². The molecule has 0 radical (unpaired) electrons. The Balaban J connectivity index is 1.48. The highest BCUT2D eigenvalue weighted by molar-refractivity contribution is 7.92. The molecule has 0 saturated heterocycles. The van der Waals surface area contributed by atoms with E-state index in [2.05, 4.69) is 16.3 Å². The molecule has 1 fully saturated rings. The Morgan fingerprint density at radius 1 is 1.24 bits per heavy atom. The summed E-state index contributed by atoms with van der Waals surface area (Å²) in [5.41, 5.74) is 3.29. The summed E-state index contributed by atoms with van der Waals surface area (Å²) < 4.78 is 42.7. The van der Waals surface area contributed by atoms with Crippen LogP contribution in [-0.2, 0) is 23.3 Å². The van der Waals surface area contributed by atoms with Crippen LogP contribution in [0, 0.1) is 17.2 Å². The van der Waals surface area contributed by atoms with Gasteiger partial charge in [-0.3, -0.25) is 4.68 Å². The SMILES string of the molecule is Cn1ccc(S(=O)(=O)C(C)(C)[C@H]2CCC3=Cc4c(cnn4-c4ccc(F)cc4)C[C@]3(CO)C2)n1. The number of aromatic nitrogens is 4. The van der Waals surface area contributed by atoms with Gasteiger partial charge in [-0.1, -0.05) is 5.57 Å². The molecule has 3 aromatic rings. The maximum Gasteiger partial charge on any atom is 0.202 e. The van der Waals surface area contributed by atoms with Crippen LogP contribution in [0.15, 0.2) is 53.3 Å². The van der Waals surface area contributed by atoms with Crippen LogP contribution in [0.3, 0.4) is 0 Å². The van der Waals surface area contributed by atoms with Gasteiger partial charge in [-0.2, -0.15) is 10.2 Å². The van der Waals surface area contributed by atoms with E-state index in [1.54, 1.807) is 56.2 Å². The van der Waals surface area contributed by atoms with E-state index in [4.69, 9.17) is 0 Å². The first-order valence-electron chi connectivity index (χ1n) is 11.5. The largest absolute Gasteiger partial charge is 0.395 e. The van der Waals surface area contributed by atoms with Crippen LogP contribution in [0.25, 0.3) is 11.8 Å². The number of nitrogens with zero attached hydrogens (tertiary/aromatic N) is 4. The molecule has 2 aliphatic rings. The van der Waals surface area contributed by atoms with E-state index >= 15 is 0 Å². The van der Waals surface area contributed by atoms with Crippen molar-refractivity contribution in [3.63, 3.8) is 0 Å². The summed E-state index contributed by atoms with van der Waals surface area (Å²) in [6.45, 7) is 3.50. The molecule has 2 atom stereocenters. The minimum Gasteiger partial charge on any atom is -0.395 e. The third-order valence-corrected chi connectivity index (χ3v) is 10.3. The molecule has 0 unspecified atom stereocenters. The fourth-order valence-electron chi connectivity index (χ4n) is 5.55. The molecule has 1 aromatic carbocycles. The number of sulfone groups is 1. The second-order valence-electron chi connectivity index (χ2n) is 10.1. The van der Waals surface area contributed by atoms with Crippen molar-refractivity contribution in [3.8, 4) is 5.69 Å². The zero-order valence-electron chi connectivity index (χ0n) is 19.6. The predicted molar refractivity (Wildman–Crippen MR) is 127 cm³/mol. The molecule has 2 aromatic heterocycles. The standard InChI is InChI=1S/C25H29FN4O3S/c1-24(2,34(32,33)23-10-11-29(3)28-23)19-5-4-18-12-22-17(13-25(18,14-19)16-31)15-27-30(22)21-8-6-20(26)7-9-21/h6-12,15,19,31H,4-5,13-14,16H2,1-3H3/t19-,25+/m0/s1. The number of aliphatic hydroxyl groups is 1. The quantitative estimate of drug-likeness (QED) is 0.596. The van der Waals surface area contributed by atoms with Crippen molar-refractivity contribution in [2.45, 2.75) is 49.3 Å². The van der Waals surface area contributed by atoms with Gasteiger partial charge >= 0.3 is 0 Å². The van der Waals surface area contributed by atoms with Crippen molar-refractivity contribution >= 4 is 15.9 Å². The molecule has 0 amide bonds. The summed E-state index contributed by atoms with van der Waals surface area (Å²) in [6.07, 6.45) is 8.07. The van der Waals surface area contributed by atoms with E-state index in [-0.39, 0.29) is 23.4 Å². The fraction of sp³-hybridized carbons (Fsp3) is 0.440. The second-order valence-corrected chi connectivity index (χ2v) is 12.6. The zero-order chi connectivity index (χ0) is 24.3. The van der Waals surface area contributed by atoms with Gasteiger partial charge in [-0.15, -0.1) is 0 Å². The van der Waals surface area contributed by atoms with Crippen LogP contribution in [0.4, 0.5) is 4.39 Å². The lowest BCUT2D eigenvalue weighted by atomic mass is 9.60. The first kappa shape index (κ1) is 23.0. The number of hydrogen-bond acceptors (Lipinski definition) is 5. The molecule has 0 bridgehead atoms. The molecule has 0 spiro atoms. The van der Waals surface area contributed by atoms with Gasteiger partial charge in [0.1, 0.15) is 5.82 Å². The summed E-state index contributed by atoms with van der Waals surface area (Å²) in [5, 5.41) is 19.4. The molecular weight excluding hydrogens is 455 g/mol. The number of aliphatic hydroxyl groups excluding tert-OH is 1. The number of hydrogen-bond donors (Lipinski definition) is 1. The monoisotopic (exact) mass is 484 g/mol. The summed E-state index contributed by atoms with van der Waals surface area (Å²) >= 11 is 0. The first-order valence-corrected chi connectivity index (χ1v) is 12.9.